The van der Waals surface area contributed by atoms with E-state index in [4.69, 9.17) is 9.97 Å². The fraction of sp³-hybridized carbons (Fsp3) is 0.148. The van der Waals surface area contributed by atoms with Crippen molar-refractivity contribution >= 4 is 21.8 Å². The lowest BCUT2D eigenvalue weighted by Gasteiger charge is -2.26. The van der Waals surface area contributed by atoms with Gasteiger partial charge in [0.25, 0.3) is 0 Å². The monoisotopic (exact) mass is 771 g/mol. The number of phenolic OH excluding ortho intramolecular Hbond substituents is 1. The van der Waals surface area contributed by atoms with E-state index in [9.17, 15) is 5.11 Å². The molecule has 0 atom stereocenters. The molecular formula is C54H46FN3O. The number of para-hydroxylation sites is 4. The van der Waals surface area contributed by atoms with E-state index < -0.39 is 0 Å². The molecule has 0 aliphatic heterocycles. The Balaban J connectivity index is 1.21. The number of benzene rings is 6. The zero-order valence-corrected chi connectivity index (χ0v) is 34.3. The summed E-state index contributed by atoms with van der Waals surface area (Å²) in [4.78, 5) is 9.86. The Bertz CT molecular complexity index is 3010. The van der Waals surface area contributed by atoms with Crippen molar-refractivity contribution in [2.24, 2.45) is 0 Å². The van der Waals surface area contributed by atoms with E-state index in [1.807, 2.05) is 42.5 Å². The van der Waals surface area contributed by atoms with Crippen LogP contribution >= 0.6 is 0 Å². The van der Waals surface area contributed by atoms with Gasteiger partial charge in [-0.1, -0.05) is 126 Å². The molecule has 0 bridgehead atoms. The van der Waals surface area contributed by atoms with Gasteiger partial charge in [-0.3, -0.25) is 4.98 Å². The van der Waals surface area contributed by atoms with E-state index in [1.54, 1.807) is 24.4 Å². The van der Waals surface area contributed by atoms with Crippen LogP contribution in [0.2, 0.25) is 0 Å². The molecule has 9 aromatic rings. The van der Waals surface area contributed by atoms with Crippen LogP contribution in [0.25, 0.3) is 83.5 Å². The van der Waals surface area contributed by atoms with E-state index in [1.165, 1.54) is 22.6 Å². The van der Waals surface area contributed by atoms with Crippen LogP contribution in [0, 0.1) is 5.82 Å². The first-order valence-electron chi connectivity index (χ1n) is 20.1. The van der Waals surface area contributed by atoms with Gasteiger partial charge in [0.15, 0.2) is 0 Å². The summed E-state index contributed by atoms with van der Waals surface area (Å²) in [6.45, 7) is 13.4. The summed E-state index contributed by atoms with van der Waals surface area (Å²) in [5, 5.41) is 13.3. The molecule has 0 fully saturated rings. The summed E-state index contributed by atoms with van der Waals surface area (Å²) in [6, 6.07) is 52.5. The maximum Gasteiger partial charge on any atom is 0.132 e. The average molecular weight is 772 g/mol. The molecule has 0 radical (unpaired) electrons. The Labute approximate surface area is 345 Å². The highest BCUT2D eigenvalue weighted by Crippen LogP contribution is 2.41. The molecule has 0 aliphatic rings. The molecule has 1 N–H and O–H groups in total. The van der Waals surface area contributed by atoms with Crippen LogP contribution in [-0.2, 0) is 10.8 Å². The Kier molecular flexibility index (Phi) is 9.28. The largest absolute Gasteiger partial charge is 0.507 e. The Morgan fingerprint density at radius 2 is 1.12 bits per heavy atom. The summed E-state index contributed by atoms with van der Waals surface area (Å²) in [6.07, 6.45) is 1.76. The summed E-state index contributed by atoms with van der Waals surface area (Å²) in [7, 11) is 0. The van der Waals surface area contributed by atoms with Gasteiger partial charge in [-0.2, -0.15) is 0 Å². The zero-order valence-electron chi connectivity index (χ0n) is 34.3. The quantitative estimate of drug-likeness (QED) is 0.183. The Morgan fingerprint density at radius 1 is 0.492 bits per heavy atom. The molecule has 0 amide bonds. The van der Waals surface area contributed by atoms with Crippen molar-refractivity contribution in [2.45, 2.75) is 52.4 Å². The third kappa shape index (κ3) is 7.08. The molecule has 4 nitrogen and oxygen atoms in total. The highest BCUT2D eigenvalue weighted by atomic mass is 19.1. The van der Waals surface area contributed by atoms with Crippen LogP contribution in [0.4, 0.5) is 4.39 Å². The van der Waals surface area contributed by atoms with Crippen molar-refractivity contribution in [3.8, 4) is 67.5 Å². The fourth-order valence-corrected chi connectivity index (χ4v) is 8.06. The second kappa shape index (κ2) is 14.5. The Morgan fingerprint density at radius 3 is 1.86 bits per heavy atom. The number of rotatable bonds is 6. The number of phenols is 1. The van der Waals surface area contributed by atoms with Gasteiger partial charge in [0.1, 0.15) is 11.6 Å². The predicted molar refractivity (Wildman–Crippen MR) is 243 cm³/mol. The van der Waals surface area contributed by atoms with Gasteiger partial charge in [-0.15, -0.1) is 0 Å². The minimum Gasteiger partial charge on any atom is -0.507 e. The van der Waals surface area contributed by atoms with Crippen molar-refractivity contribution in [1.29, 1.82) is 0 Å². The van der Waals surface area contributed by atoms with Gasteiger partial charge in [0, 0.05) is 44.9 Å². The van der Waals surface area contributed by atoms with E-state index in [0.717, 1.165) is 49.9 Å². The van der Waals surface area contributed by atoms with E-state index in [-0.39, 0.29) is 22.4 Å². The first kappa shape index (κ1) is 37.7. The lowest BCUT2D eigenvalue weighted by atomic mass is 9.79. The summed E-state index contributed by atoms with van der Waals surface area (Å²) < 4.78 is 18.4. The molecule has 6 aromatic carbocycles. The highest BCUT2D eigenvalue weighted by molar-refractivity contribution is 6.13. The number of halogens is 1. The van der Waals surface area contributed by atoms with Crippen LogP contribution in [-0.4, -0.2) is 19.6 Å². The highest BCUT2D eigenvalue weighted by Gasteiger charge is 2.23. The maximum absolute atomic E-state index is 16.1. The molecular weight excluding hydrogens is 726 g/mol. The van der Waals surface area contributed by atoms with Crippen LogP contribution < -0.4 is 0 Å². The molecule has 0 aliphatic carbocycles. The van der Waals surface area contributed by atoms with Gasteiger partial charge in [0.05, 0.1) is 28.1 Å². The normalized spacial score (nSPS) is 12.1. The number of fused-ring (bicyclic) bond motifs is 3. The average Bonchev–Trinajstić information content (AvgIpc) is 3.58. The number of aromatic hydroxyl groups is 1. The van der Waals surface area contributed by atoms with Gasteiger partial charge < -0.3 is 9.67 Å². The van der Waals surface area contributed by atoms with Crippen molar-refractivity contribution in [3.63, 3.8) is 0 Å². The molecule has 290 valence electrons. The topological polar surface area (TPSA) is 50.9 Å². The maximum atomic E-state index is 16.1. The zero-order chi connectivity index (χ0) is 41.1. The molecule has 0 unspecified atom stereocenters. The van der Waals surface area contributed by atoms with Gasteiger partial charge in [0.2, 0.25) is 0 Å². The van der Waals surface area contributed by atoms with Gasteiger partial charge >= 0.3 is 0 Å². The van der Waals surface area contributed by atoms with Crippen molar-refractivity contribution < 1.29 is 9.50 Å². The SMILES string of the molecule is CC(C)(C)c1cc(-c2cc(-c3ccc(F)c(-c4cc(-c5cccc6c7ccccc7n(-c7ccccc7)c56)ccn4)c3)nc(-c3ccccc3O)c2)cc(C(C)(C)C)c1. The van der Waals surface area contributed by atoms with Crippen LogP contribution in [0.5, 0.6) is 5.75 Å². The lowest BCUT2D eigenvalue weighted by Crippen LogP contribution is -2.16. The first-order valence-corrected chi connectivity index (χ1v) is 20.1. The second-order valence-corrected chi connectivity index (χ2v) is 17.5. The van der Waals surface area contributed by atoms with Crippen molar-refractivity contribution in [3.05, 3.63) is 181 Å². The summed E-state index contributed by atoms with van der Waals surface area (Å²) >= 11 is 0. The molecule has 3 heterocycles. The third-order valence-corrected chi connectivity index (χ3v) is 11.3. The smallest absolute Gasteiger partial charge is 0.132 e. The molecule has 5 heteroatoms. The van der Waals surface area contributed by atoms with Crippen molar-refractivity contribution in [1.82, 2.24) is 14.5 Å². The number of pyridine rings is 2. The van der Waals surface area contributed by atoms with Gasteiger partial charge in [-0.05, 0) is 111 Å². The standard InChI is InChI=1S/C54H46FN3O/c1-53(2,3)38-27-36(28-39(33-38)54(4,5)6)37-31-47(57-49(32-37)44-18-11-13-22-51(44)59)35-23-24-46(55)45(29-35)48-30-34(25-26-56-48)41-19-14-20-43-42-17-10-12-21-50(42)58(52(41)43)40-15-8-7-9-16-40/h7-33,59H,1-6H3. The van der Waals surface area contributed by atoms with Gasteiger partial charge in [-0.25, -0.2) is 9.37 Å². The molecule has 9 rings (SSSR count). The molecule has 59 heavy (non-hydrogen) atoms. The first-order chi connectivity index (χ1) is 28.3. The number of hydrogen-bond donors (Lipinski definition) is 1. The summed E-state index contributed by atoms with van der Waals surface area (Å²) in [5.41, 5.74) is 13.1. The third-order valence-electron chi connectivity index (χ3n) is 11.3. The Hall–Kier alpha value is -6.85. The molecule has 0 saturated heterocycles. The molecule has 0 saturated carbocycles. The van der Waals surface area contributed by atoms with Crippen LogP contribution in [0.1, 0.15) is 52.7 Å². The van der Waals surface area contributed by atoms with E-state index in [2.05, 4.69) is 137 Å². The van der Waals surface area contributed by atoms with E-state index in [0.29, 0.717) is 28.2 Å². The lowest BCUT2D eigenvalue weighted by molar-refractivity contribution is 0.477. The van der Waals surface area contributed by atoms with Crippen molar-refractivity contribution in [2.75, 3.05) is 0 Å². The number of aromatic nitrogens is 3. The fourth-order valence-electron chi connectivity index (χ4n) is 8.06. The van der Waals surface area contributed by atoms with Crippen LogP contribution in [0.3, 0.4) is 0 Å². The summed E-state index contributed by atoms with van der Waals surface area (Å²) in [5.74, 6) is -0.233. The van der Waals surface area contributed by atoms with Crippen LogP contribution in [0.15, 0.2) is 164 Å². The second-order valence-electron chi connectivity index (χ2n) is 17.5. The molecule has 0 spiro atoms. The predicted octanol–water partition coefficient (Wildman–Crippen LogP) is 14.3. The molecule has 3 aromatic heterocycles. The minimum absolute atomic E-state index is 0.0799. The number of nitrogens with zero attached hydrogens (tertiary/aromatic N) is 3. The minimum atomic E-state index is -0.375. The number of hydrogen-bond acceptors (Lipinski definition) is 3. The van der Waals surface area contributed by atoms with E-state index >= 15 is 4.39 Å².